The summed E-state index contributed by atoms with van der Waals surface area (Å²) in [6.45, 7) is 6.51. The van der Waals surface area contributed by atoms with E-state index in [0.29, 0.717) is 19.3 Å². The molecule has 0 aliphatic carbocycles. The Morgan fingerprint density at radius 3 is 0.937 bits per heavy atom. The molecular formula is C57H102O6. The van der Waals surface area contributed by atoms with Crippen molar-refractivity contribution in [1.29, 1.82) is 0 Å². The van der Waals surface area contributed by atoms with Gasteiger partial charge in [0.15, 0.2) is 6.10 Å². The van der Waals surface area contributed by atoms with Crippen LogP contribution in [-0.4, -0.2) is 37.2 Å². The van der Waals surface area contributed by atoms with Gasteiger partial charge in [-0.3, -0.25) is 14.4 Å². The third kappa shape index (κ3) is 50.2. The summed E-state index contributed by atoms with van der Waals surface area (Å²) in [6, 6.07) is 0. The average Bonchev–Trinajstić information content (AvgIpc) is 3.28. The molecule has 0 aromatic heterocycles. The summed E-state index contributed by atoms with van der Waals surface area (Å²) in [6.07, 6.45) is 62.4. The van der Waals surface area contributed by atoms with E-state index in [1.54, 1.807) is 0 Å². The fraction of sp³-hybridized carbons (Fsp3) is 0.807. The van der Waals surface area contributed by atoms with Crippen molar-refractivity contribution in [2.75, 3.05) is 13.2 Å². The van der Waals surface area contributed by atoms with Crippen LogP contribution >= 0.6 is 0 Å². The van der Waals surface area contributed by atoms with Gasteiger partial charge in [-0.15, -0.1) is 0 Å². The highest BCUT2D eigenvalue weighted by Gasteiger charge is 2.19. The van der Waals surface area contributed by atoms with Gasteiger partial charge >= 0.3 is 17.9 Å². The van der Waals surface area contributed by atoms with Crippen molar-refractivity contribution in [2.45, 2.75) is 284 Å². The molecule has 366 valence electrons. The summed E-state index contributed by atoms with van der Waals surface area (Å²) in [5.41, 5.74) is 0. The first-order valence-electron chi connectivity index (χ1n) is 27.1. The van der Waals surface area contributed by atoms with Crippen molar-refractivity contribution < 1.29 is 28.6 Å². The third-order valence-corrected chi connectivity index (χ3v) is 11.8. The molecule has 0 amide bonds. The number of allylic oxidation sites excluding steroid dienone is 8. The van der Waals surface area contributed by atoms with E-state index in [1.807, 2.05) is 0 Å². The standard InChI is InChI=1S/C57H102O6/c1-4-7-10-13-16-19-22-25-26-27-28-29-30-33-35-38-41-44-47-50-56(59)62-53-54(63-57(60)51-48-45-42-39-36-32-24-21-18-15-12-9-6-3)52-61-55(58)49-46-43-40-37-34-31-23-20-17-14-11-8-5-2/h11-12,14-15,20-21,23-24,54H,4-10,13,16-19,22,25-53H2,1-3H3/b14-11-,15-12-,23-20-,24-21-. The second-order valence-electron chi connectivity index (χ2n) is 18.1. The zero-order valence-electron chi connectivity index (χ0n) is 41.8. The Bertz CT molecular complexity index is 1110. The molecule has 0 aromatic rings. The van der Waals surface area contributed by atoms with E-state index in [1.165, 1.54) is 122 Å². The van der Waals surface area contributed by atoms with Crippen molar-refractivity contribution in [3.63, 3.8) is 0 Å². The fourth-order valence-electron chi connectivity index (χ4n) is 7.70. The number of hydrogen-bond donors (Lipinski definition) is 0. The molecule has 6 heteroatoms. The van der Waals surface area contributed by atoms with Gasteiger partial charge in [0.25, 0.3) is 0 Å². The van der Waals surface area contributed by atoms with Gasteiger partial charge < -0.3 is 14.2 Å². The molecule has 63 heavy (non-hydrogen) atoms. The van der Waals surface area contributed by atoms with Crippen molar-refractivity contribution in [3.05, 3.63) is 48.6 Å². The third-order valence-electron chi connectivity index (χ3n) is 11.8. The number of carbonyl (C=O) groups is 3. The van der Waals surface area contributed by atoms with E-state index in [2.05, 4.69) is 69.4 Å². The van der Waals surface area contributed by atoms with E-state index in [9.17, 15) is 14.4 Å². The molecule has 0 aliphatic heterocycles. The maximum Gasteiger partial charge on any atom is 0.306 e. The maximum atomic E-state index is 12.8. The molecule has 0 N–H and O–H groups in total. The van der Waals surface area contributed by atoms with Gasteiger partial charge in [-0.05, 0) is 70.6 Å². The lowest BCUT2D eigenvalue weighted by molar-refractivity contribution is -0.167. The van der Waals surface area contributed by atoms with Crippen molar-refractivity contribution in [1.82, 2.24) is 0 Å². The topological polar surface area (TPSA) is 78.9 Å². The Morgan fingerprint density at radius 2 is 0.603 bits per heavy atom. The first-order valence-corrected chi connectivity index (χ1v) is 27.1. The van der Waals surface area contributed by atoms with Crippen LogP contribution in [0.5, 0.6) is 0 Å². The number of hydrogen-bond acceptors (Lipinski definition) is 6. The smallest absolute Gasteiger partial charge is 0.306 e. The van der Waals surface area contributed by atoms with Gasteiger partial charge in [-0.25, -0.2) is 0 Å². The van der Waals surface area contributed by atoms with Crippen molar-refractivity contribution >= 4 is 17.9 Å². The monoisotopic (exact) mass is 883 g/mol. The molecule has 1 atom stereocenters. The van der Waals surface area contributed by atoms with Crippen LogP contribution in [-0.2, 0) is 28.6 Å². The van der Waals surface area contributed by atoms with E-state index < -0.39 is 6.10 Å². The van der Waals surface area contributed by atoms with Crippen LogP contribution in [0.4, 0.5) is 0 Å². The zero-order chi connectivity index (χ0) is 45.8. The summed E-state index contributed by atoms with van der Waals surface area (Å²) in [5.74, 6) is -0.900. The molecule has 0 aromatic carbocycles. The normalized spacial score (nSPS) is 12.4. The Labute approximate surface area is 390 Å². The second-order valence-corrected chi connectivity index (χ2v) is 18.1. The molecule has 0 bridgehead atoms. The van der Waals surface area contributed by atoms with Gasteiger partial charge in [0, 0.05) is 19.3 Å². The Kier molecular flexibility index (Phi) is 49.8. The van der Waals surface area contributed by atoms with Gasteiger partial charge in [-0.1, -0.05) is 236 Å². The summed E-state index contributed by atoms with van der Waals surface area (Å²) >= 11 is 0. The zero-order valence-corrected chi connectivity index (χ0v) is 41.8. The Hall–Kier alpha value is -2.63. The minimum atomic E-state index is -0.783. The number of carbonyl (C=O) groups excluding carboxylic acids is 3. The minimum Gasteiger partial charge on any atom is -0.462 e. The number of ether oxygens (including phenoxy) is 3. The fourth-order valence-corrected chi connectivity index (χ4v) is 7.70. The van der Waals surface area contributed by atoms with Crippen molar-refractivity contribution in [2.24, 2.45) is 0 Å². The molecule has 0 aliphatic rings. The molecule has 0 fully saturated rings. The number of unbranched alkanes of at least 4 members (excludes halogenated alkanes) is 30. The van der Waals surface area contributed by atoms with Crippen LogP contribution in [0.25, 0.3) is 0 Å². The number of rotatable bonds is 49. The first-order chi connectivity index (χ1) is 31.0. The molecule has 6 nitrogen and oxygen atoms in total. The van der Waals surface area contributed by atoms with E-state index in [4.69, 9.17) is 14.2 Å². The van der Waals surface area contributed by atoms with Gasteiger partial charge in [-0.2, -0.15) is 0 Å². The predicted octanol–water partition coefficient (Wildman–Crippen LogP) is 17.9. The SMILES string of the molecule is CCC/C=C\C/C=C\CCCCCCCC(=O)OCC(COC(=O)CCCCCCCCCCCCCCCCCCCCC)OC(=O)CCCCCCC/C=C\C/C=C\CCC. The Balaban J connectivity index is 4.33. The molecule has 0 spiro atoms. The molecule has 0 saturated heterocycles. The molecule has 0 heterocycles. The summed E-state index contributed by atoms with van der Waals surface area (Å²) in [5, 5.41) is 0. The van der Waals surface area contributed by atoms with Gasteiger partial charge in [0.05, 0.1) is 0 Å². The summed E-state index contributed by atoms with van der Waals surface area (Å²) in [7, 11) is 0. The van der Waals surface area contributed by atoms with Crippen LogP contribution in [0.1, 0.15) is 278 Å². The highest BCUT2D eigenvalue weighted by Crippen LogP contribution is 2.16. The molecule has 0 saturated carbocycles. The molecule has 0 rings (SSSR count). The van der Waals surface area contributed by atoms with Crippen LogP contribution in [0.15, 0.2) is 48.6 Å². The van der Waals surface area contributed by atoms with E-state index in [0.717, 1.165) is 116 Å². The first kappa shape index (κ1) is 60.4. The van der Waals surface area contributed by atoms with Crippen LogP contribution in [0.3, 0.4) is 0 Å². The lowest BCUT2D eigenvalue weighted by atomic mass is 10.0. The van der Waals surface area contributed by atoms with Crippen molar-refractivity contribution in [3.8, 4) is 0 Å². The van der Waals surface area contributed by atoms with Gasteiger partial charge in [0.1, 0.15) is 13.2 Å². The minimum absolute atomic E-state index is 0.0810. The molecule has 0 radical (unpaired) electrons. The lowest BCUT2D eigenvalue weighted by Gasteiger charge is -2.18. The lowest BCUT2D eigenvalue weighted by Crippen LogP contribution is -2.30. The molecular weight excluding hydrogens is 781 g/mol. The summed E-state index contributed by atoms with van der Waals surface area (Å²) < 4.78 is 16.8. The highest BCUT2D eigenvalue weighted by molar-refractivity contribution is 5.71. The van der Waals surface area contributed by atoms with E-state index in [-0.39, 0.29) is 31.1 Å². The van der Waals surface area contributed by atoms with Crippen LogP contribution in [0, 0.1) is 0 Å². The summed E-state index contributed by atoms with van der Waals surface area (Å²) in [4.78, 5) is 38.0. The predicted molar refractivity (Wildman–Crippen MR) is 270 cm³/mol. The Morgan fingerprint density at radius 1 is 0.317 bits per heavy atom. The number of esters is 3. The molecule has 1 unspecified atom stereocenters. The largest absolute Gasteiger partial charge is 0.462 e. The highest BCUT2D eigenvalue weighted by atomic mass is 16.6. The van der Waals surface area contributed by atoms with Crippen LogP contribution < -0.4 is 0 Å². The quantitative estimate of drug-likeness (QED) is 0.0262. The van der Waals surface area contributed by atoms with Gasteiger partial charge in [0.2, 0.25) is 0 Å². The van der Waals surface area contributed by atoms with E-state index >= 15 is 0 Å². The average molecular weight is 883 g/mol. The van der Waals surface area contributed by atoms with Crippen LogP contribution in [0.2, 0.25) is 0 Å². The maximum absolute atomic E-state index is 12.8. The second kappa shape index (κ2) is 52.0.